The van der Waals surface area contributed by atoms with Gasteiger partial charge in [0.1, 0.15) is 5.02 Å². The van der Waals surface area contributed by atoms with E-state index in [-0.39, 0.29) is 10.6 Å². The standard InChI is InChI=1S/C13H21ClN4O2/c1-4-6-18-13(19)12(14)11(10-16-18)15-5-7-17(2)8-9-20-3/h4,10,15H,1,5-9H2,2-3H3. The molecule has 0 aliphatic heterocycles. The van der Waals surface area contributed by atoms with Crippen LogP contribution in [-0.2, 0) is 11.3 Å². The minimum Gasteiger partial charge on any atom is -0.383 e. The average Bonchev–Trinajstić information content (AvgIpc) is 2.44. The molecule has 0 atom stereocenters. The fraction of sp³-hybridized carbons (Fsp3) is 0.538. The molecule has 0 unspecified atom stereocenters. The van der Waals surface area contributed by atoms with Gasteiger partial charge in [-0.25, -0.2) is 4.68 Å². The van der Waals surface area contributed by atoms with Crippen LogP contribution in [0.5, 0.6) is 0 Å². The highest BCUT2D eigenvalue weighted by atomic mass is 35.5. The molecule has 0 saturated carbocycles. The lowest BCUT2D eigenvalue weighted by Gasteiger charge is -2.17. The third-order valence-corrected chi connectivity index (χ3v) is 3.14. The van der Waals surface area contributed by atoms with Crippen LogP contribution in [0.3, 0.4) is 0 Å². The van der Waals surface area contributed by atoms with Gasteiger partial charge >= 0.3 is 0 Å². The smallest absolute Gasteiger partial charge is 0.287 e. The zero-order chi connectivity index (χ0) is 15.0. The van der Waals surface area contributed by atoms with Gasteiger partial charge in [-0.05, 0) is 7.05 Å². The molecule has 0 fully saturated rings. The van der Waals surface area contributed by atoms with Crippen LogP contribution in [0.25, 0.3) is 0 Å². The molecule has 1 aromatic heterocycles. The van der Waals surface area contributed by atoms with Crippen molar-refractivity contribution in [1.29, 1.82) is 0 Å². The zero-order valence-corrected chi connectivity index (χ0v) is 12.7. The molecule has 0 bridgehead atoms. The Kier molecular flexibility index (Phi) is 7.28. The van der Waals surface area contributed by atoms with Gasteiger partial charge in [-0.3, -0.25) is 4.79 Å². The molecule has 7 heteroatoms. The number of hydrogen-bond acceptors (Lipinski definition) is 5. The molecule has 1 N–H and O–H groups in total. The number of ether oxygens (including phenoxy) is 1. The molecule has 0 aliphatic carbocycles. The van der Waals surface area contributed by atoms with E-state index < -0.39 is 0 Å². The summed E-state index contributed by atoms with van der Waals surface area (Å²) in [6, 6.07) is 0. The van der Waals surface area contributed by atoms with E-state index >= 15 is 0 Å². The lowest BCUT2D eigenvalue weighted by Crippen LogP contribution is -2.29. The Morgan fingerprint density at radius 1 is 1.60 bits per heavy atom. The van der Waals surface area contributed by atoms with E-state index in [9.17, 15) is 4.79 Å². The molecule has 0 saturated heterocycles. The van der Waals surface area contributed by atoms with Crippen LogP contribution in [0.2, 0.25) is 5.02 Å². The van der Waals surface area contributed by atoms with Crippen LogP contribution in [0.1, 0.15) is 0 Å². The molecule has 112 valence electrons. The van der Waals surface area contributed by atoms with Gasteiger partial charge < -0.3 is 15.0 Å². The van der Waals surface area contributed by atoms with Crippen molar-refractivity contribution < 1.29 is 4.74 Å². The minimum atomic E-state index is -0.315. The van der Waals surface area contributed by atoms with Crippen molar-refractivity contribution in [3.05, 3.63) is 34.2 Å². The van der Waals surface area contributed by atoms with Crippen LogP contribution >= 0.6 is 11.6 Å². The number of allylic oxidation sites excluding steroid dienone is 1. The average molecular weight is 301 g/mol. The van der Waals surface area contributed by atoms with Gasteiger partial charge in [-0.2, -0.15) is 5.10 Å². The maximum atomic E-state index is 11.9. The number of nitrogens with one attached hydrogen (secondary N) is 1. The van der Waals surface area contributed by atoms with Crippen molar-refractivity contribution in [2.24, 2.45) is 0 Å². The Hall–Kier alpha value is -1.37. The maximum Gasteiger partial charge on any atom is 0.287 e. The van der Waals surface area contributed by atoms with Gasteiger partial charge in [0.25, 0.3) is 5.56 Å². The topological polar surface area (TPSA) is 59.4 Å². The third-order valence-electron chi connectivity index (χ3n) is 2.77. The van der Waals surface area contributed by atoms with Crippen molar-refractivity contribution in [3.63, 3.8) is 0 Å². The summed E-state index contributed by atoms with van der Waals surface area (Å²) in [6.45, 7) is 6.95. The van der Waals surface area contributed by atoms with Gasteiger partial charge in [-0.1, -0.05) is 17.7 Å². The summed E-state index contributed by atoms with van der Waals surface area (Å²) in [6.07, 6.45) is 3.16. The molecule has 20 heavy (non-hydrogen) atoms. The van der Waals surface area contributed by atoms with E-state index in [0.717, 1.165) is 13.1 Å². The SMILES string of the molecule is C=CCn1ncc(NCCN(C)CCOC)c(Cl)c1=O. The largest absolute Gasteiger partial charge is 0.383 e. The normalized spacial score (nSPS) is 10.8. The maximum absolute atomic E-state index is 11.9. The highest BCUT2D eigenvalue weighted by Gasteiger charge is 2.08. The summed E-state index contributed by atoms with van der Waals surface area (Å²) in [5.41, 5.74) is 0.237. The summed E-state index contributed by atoms with van der Waals surface area (Å²) in [4.78, 5) is 14.0. The molecule has 0 radical (unpaired) electrons. The number of methoxy groups -OCH3 is 1. The molecule has 1 aromatic rings. The van der Waals surface area contributed by atoms with Crippen LogP contribution in [0, 0.1) is 0 Å². The second kappa shape index (κ2) is 8.73. The van der Waals surface area contributed by atoms with Crippen LogP contribution in [0.15, 0.2) is 23.6 Å². The fourth-order valence-electron chi connectivity index (χ4n) is 1.58. The van der Waals surface area contributed by atoms with Crippen molar-refractivity contribution in [2.45, 2.75) is 6.54 Å². The molecular weight excluding hydrogens is 280 g/mol. The van der Waals surface area contributed by atoms with Crippen molar-refractivity contribution in [3.8, 4) is 0 Å². The summed E-state index contributed by atoms with van der Waals surface area (Å²) in [5, 5.41) is 7.30. The van der Waals surface area contributed by atoms with Crippen molar-refractivity contribution in [2.75, 3.05) is 45.7 Å². The van der Waals surface area contributed by atoms with E-state index in [0.29, 0.717) is 25.4 Å². The summed E-state index contributed by atoms with van der Waals surface area (Å²) in [5.74, 6) is 0. The number of rotatable bonds is 9. The number of hydrogen-bond donors (Lipinski definition) is 1. The van der Waals surface area contributed by atoms with Gasteiger partial charge in [0.15, 0.2) is 0 Å². The van der Waals surface area contributed by atoms with E-state index in [2.05, 4.69) is 21.9 Å². The molecular formula is C13H21ClN4O2. The second-order valence-corrected chi connectivity index (χ2v) is 4.75. The fourth-order valence-corrected chi connectivity index (χ4v) is 1.79. The zero-order valence-electron chi connectivity index (χ0n) is 11.9. The molecule has 0 aromatic carbocycles. The summed E-state index contributed by atoms with van der Waals surface area (Å²) < 4.78 is 6.27. The lowest BCUT2D eigenvalue weighted by atomic mass is 10.4. The quantitative estimate of drug-likeness (QED) is 0.691. The van der Waals surface area contributed by atoms with Crippen LogP contribution in [-0.4, -0.2) is 55.1 Å². The monoisotopic (exact) mass is 300 g/mol. The van der Waals surface area contributed by atoms with E-state index in [4.69, 9.17) is 16.3 Å². The number of halogens is 1. The Labute approximate surface area is 124 Å². The first-order valence-electron chi connectivity index (χ1n) is 6.38. The van der Waals surface area contributed by atoms with Crippen molar-refractivity contribution in [1.82, 2.24) is 14.7 Å². The third kappa shape index (κ3) is 4.96. The molecule has 0 amide bonds. The van der Waals surface area contributed by atoms with Gasteiger partial charge in [0.2, 0.25) is 0 Å². The number of nitrogens with zero attached hydrogens (tertiary/aromatic N) is 3. The first kappa shape index (κ1) is 16.7. The Morgan fingerprint density at radius 2 is 2.35 bits per heavy atom. The lowest BCUT2D eigenvalue weighted by molar-refractivity contribution is 0.163. The molecule has 6 nitrogen and oxygen atoms in total. The van der Waals surface area contributed by atoms with Gasteiger partial charge in [0.05, 0.1) is 25.0 Å². The molecule has 0 spiro atoms. The Morgan fingerprint density at radius 3 is 3.00 bits per heavy atom. The highest BCUT2D eigenvalue weighted by Crippen LogP contribution is 2.14. The van der Waals surface area contributed by atoms with Gasteiger partial charge in [0, 0.05) is 26.7 Å². The van der Waals surface area contributed by atoms with Crippen LogP contribution in [0.4, 0.5) is 5.69 Å². The molecule has 0 aliphatic rings. The minimum absolute atomic E-state index is 0.154. The Balaban J connectivity index is 2.54. The molecule has 1 rings (SSSR count). The van der Waals surface area contributed by atoms with Crippen LogP contribution < -0.4 is 10.9 Å². The highest BCUT2D eigenvalue weighted by molar-refractivity contribution is 6.32. The number of anilines is 1. The Bertz CT molecular complexity index is 490. The van der Waals surface area contributed by atoms with E-state index in [1.54, 1.807) is 19.4 Å². The van der Waals surface area contributed by atoms with E-state index in [1.807, 2.05) is 7.05 Å². The predicted molar refractivity (Wildman–Crippen MR) is 81.6 cm³/mol. The molecule has 1 heterocycles. The second-order valence-electron chi connectivity index (χ2n) is 4.37. The van der Waals surface area contributed by atoms with Gasteiger partial charge in [-0.15, -0.1) is 6.58 Å². The summed E-state index contributed by atoms with van der Waals surface area (Å²) in [7, 11) is 3.68. The van der Waals surface area contributed by atoms with E-state index in [1.165, 1.54) is 4.68 Å². The first-order chi connectivity index (χ1) is 9.60. The first-order valence-corrected chi connectivity index (χ1v) is 6.75. The predicted octanol–water partition coefficient (Wildman–Crippen LogP) is 1.07. The number of likely N-dealkylation sites (N-methyl/N-ethyl adjacent to an activating group) is 1. The number of aromatic nitrogens is 2. The summed E-state index contributed by atoms with van der Waals surface area (Å²) >= 11 is 6.03. The van der Waals surface area contributed by atoms with Crippen molar-refractivity contribution >= 4 is 17.3 Å².